The highest BCUT2D eigenvalue weighted by atomic mass is 32.2. The number of carbonyl (C=O) groups is 1. The third kappa shape index (κ3) is 4.28. The van der Waals surface area contributed by atoms with Gasteiger partial charge >= 0.3 is 5.97 Å². The molecule has 0 fully saturated rings. The highest BCUT2D eigenvalue weighted by Gasteiger charge is 2.31. The first kappa shape index (κ1) is 18.1. The fourth-order valence-electron chi connectivity index (χ4n) is 2.20. The maximum atomic E-state index is 12.8. The molecule has 0 aliphatic heterocycles. The van der Waals surface area contributed by atoms with E-state index >= 15 is 0 Å². The largest absolute Gasteiger partial charge is 0.477 e. The van der Waals surface area contributed by atoms with Crippen LogP contribution >= 0.6 is 11.3 Å². The van der Waals surface area contributed by atoms with E-state index in [9.17, 15) is 13.2 Å². The monoisotopic (exact) mass is 333 g/mol. The molecular formula is C14H23NO4S2. The minimum absolute atomic E-state index is 0.0441. The van der Waals surface area contributed by atoms with Crippen molar-refractivity contribution in [2.24, 2.45) is 5.92 Å². The van der Waals surface area contributed by atoms with Gasteiger partial charge in [0.2, 0.25) is 10.0 Å². The van der Waals surface area contributed by atoms with Gasteiger partial charge in [0.15, 0.2) is 0 Å². The maximum Gasteiger partial charge on any atom is 0.345 e. The molecule has 0 radical (unpaired) electrons. The summed E-state index contributed by atoms with van der Waals surface area (Å²) in [6.07, 6.45) is 1.47. The van der Waals surface area contributed by atoms with Gasteiger partial charge in [-0.1, -0.05) is 27.7 Å². The van der Waals surface area contributed by atoms with Crippen molar-refractivity contribution in [3.05, 3.63) is 16.3 Å². The number of hydrogen-bond acceptors (Lipinski definition) is 4. The van der Waals surface area contributed by atoms with Crippen LogP contribution in [-0.4, -0.2) is 36.4 Å². The molecule has 0 unspecified atom stereocenters. The lowest BCUT2D eigenvalue weighted by atomic mass is 10.1. The van der Waals surface area contributed by atoms with Crippen molar-refractivity contribution in [1.82, 2.24) is 4.31 Å². The number of rotatable bonds is 8. The first-order valence-corrected chi connectivity index (χ1v) is 9.39. The lowest BCUT2D eigenvalue weighted by Crippen LogP contribution is -2.41. The van der Waals surface area contributed by atoms with E-state index in [4.69, 9.17) is 5.11 Å². The second-order valence-electron chi connectivity index (χ2n) is 5.39. The number of sulfonamides is 1. The van der Waals surface area contributed by atoms with Crippen LogP contribution in [-0.2, 0) is 10.0 Å². The lowest BCUT2D eigenvalue weighted by Gasteiger charge is -2.30. The molecule has 0 spiro atoms. The van der Waals surface area contributed by atoms with Gasteiger partial charge in [0.1, 0.15) is 4.88 Å². The third-order valence-electron chi connectivity index (χ3n) is 3.29. The average Bonchev–Trinajstić information content (AvgIpc) is 2.89. The minimum atomic E-state index is -3.65. The highest BCUT2D eigenvalue weighted by molar-refractivity contribution is 7.89. The Hall–Kier alpha value is -0.920. The molecule has 7 heteroatoms. The molecule has 1 heterocycles. The molecule has 120 valence electrons. The molecule has 0 aliphatic rings. The molecule has 0 aromatic carbocycles. The van der Waals surface area contributed by atoms with Crippen molar-refractivity contribution in [3.8, 4) is 0 Å². The summed E-state index contributed by atoms with van der Waals surface area (Å²) in [7, 11) is -3.65. The zero-order valence-corrected chi connectivity index (χ0v) is 14.5. The van der Waals surface area contributed by atoms with Crippen LogP contribution in [0.25, 0.3) is 0 Å². The fourth-order valence-corrected chi connectivity index (χ4v) is 5.24. The molecule has 0 saturated carbocycles. The van der Waals surface area contributed by atoms with Crippen LogP contribution in [0.3, 0.4) is 0 Å². The molecule has 21 heavy (non-hydrogen) atoms. The van der Waals surface area contributed by atoms with Crippen molar-refractivity contribution < 1.29 is 18.3 Å². The van der Waals surface area contributed by atoms with Gasteiger partial charge in [0, 0.05) is 18.0 Å². The number of thiophene rings is 1. The van der Waals surface area contributed by atoms with Gasteiger partial charge in [-0.3, -0.25) is 0 Å². The van der Waals surface area contributed by atoms with Crippen LogP contribution in [0.15, 0.2) is 16.3 Å². The summed E-state index contributed by atoms with van der Waals surface area (Å²) in [6, 6.07) is 1.18. The van der Waals surface area contributed by atoms with Crippen LogP contribution in [0, 0.1) is 5.92 Å². The Labute approximate surface area is 130 Å². The number of carboxylic acid groups (broad SMARTS) is 1. The number of carboxylic acids is 1. The molecule has 5 nitrogen and oxygen atoms in total. The van der Waals surface area contributed by atoms with E-state index in [0.29, 0.717) is 6.54 Å². The smallest absolute Gasteiger partial charge is 0.345 e. The fraction of sp³-hybridized carbons (Fsp3) is 0.643. The highest BCUT2D eigenvalue weighted by Crippen LogP contribution is 2.26. The standard InChI is InChI=1S/C14H23NO4S2/c1-5-11(6-2)15(8-10(3)4)21(18,19)12-7-13(14(16)17)20-9-12/h7,9-11H,5-6,8H2,1-4H3,(H,16,17). The van der Waals surface area contributed by atoms with Gasteiger partial charge in [0.25, 0.3) is 0 Å². The second kappa shape index (κ2) is 7.38. The topological polar surface area (TPSA) is 74.7 Å². The SMILES string of the molecule is CCC(CC)N(CC(C)C)S(=O)(=O)c1csc(C(=O)O)c1. The van der Waals surface area contributed by atoms with E-state index in [0.717, 1.165) is 24.2 Å². The van der Waals surface area contributed by atoms with Crippen LogP contribution < -0.4 is 0 Å². The van der Waals surface area contributed by atoms with Crippen LogP contribution in [0.2, 0.25) is 0 Å². The molecule has 0 saturated heterocycles. The van der Waals surface area contributed by atoms with Gasteiger partial charge < -0.3 is 5.11 Å². The first-order valence-electron chi connectivity index (χ1n) is 7.07. The Bertz CT molecular complexity index is 574. The molecule has 0 aliphatic carbocycles. The van der Waals surface area contributed by atoms with E-state index in [2.05, 4.69) is 0 Å². The van der Waals surface area contributed by atoms with Crippen LogP contribution in [0.4, 0.5) is 0 Å². The average molecular weight is 333 g/mol. The molecule has 1 aromatic rings. The van der Waals surface area contributed by atoms with Gasteiger partial charge in [0.05, 0.1) is 4.90 Å². The first-order chi connectivity index (χ1) is 9.73. The number of nitrogens with zero attached hydrogens (tertiary/aromatic N) is 1. The van der Waals surface area contributed by atoms with Gasteiger partial charge in [-0.2, -0.15) is 4.31 Å². The van der Waals surface area contributed by atoms with Crippen molar-refractivity contribution in [2.75, 3.05) is 6.54 Å². The number of hydrogen-bond donors (Lipinski definition) is 1. The molecule has 1 N–H and O–H groups in total. The Morgan fingerprint density at radius 2 is 1.90 bits per heavy atom. The predicted octanol–water partition coefficient (Wildman–Crippen LogP) is 3.28. The molecule has 0 amide bonds. The zero-order chi connectivity index (χ0) is 16.2. The number of aromatic carboxylic acids is 1. The summed E-state index contributed by atoms with van der Waals surface area (Å²) >= 11 is 0.942. The van der Waals surface area contributed by atoms with E-state index in [1.54, 1.807) is 0 Å². The van der Waals surface area contributed by atoms with Crippen molar-refractivity contribution in [2.45, 2.75) is 51.5 Å². The summed E-state index contributed by atoms with van der Waals surface area (Å²) in [5.41, 5.74) is 0. The van der Waals surface area contributed by atoms with Crippen molar-refractivity contribution in [3.63, 3.8) is 0 Å². The van der Waals surface area contributed by atoms with E-state index in [1.165, 1.54) is 15.8 Å². The van der Waals surface area contributed by atoms with Crippen molar-refractivity contribution in [1.29, 1.82) is 0 Å². The van der Waals surface area contributed by atoms with Gasteiger partial charge in [-0.15, -0.1) is 11.3 Å². The van der Waals surface area contributed by atoms with Gasteiger partial charge in [-0.05, 0) is 24.8 Å². The summed E-state index contributed by atoms with van der Waals surface area (Å²) in [4.78, 5) is 11.1. The molecular weight excluding hydrogens is 310 g/mol. The zero-order valence-electron chi connectivity index (χ0n) is 12.9. The molecule has 1 rings (SSSR count). The summed E-state index contributed by atoms with van der Waals surface area (Å²) < 4.78 is 27.1. The predicted molar refractivity (Wildman–Crippen MR) is 84.4 cm³/mol. The van der Waals surface area contributed by atoms with Crippen LogP contribution in [0.1, 0.15) is 50.2 Å². The lowest BCUT2D eigenvalue weighted by molar-refractivity contribution is 0.0702. The Balaban J connectivity index is 3.21. The van der Waals surface area contributed by atoms with E-state index in [1.807, 2.05) is 27.7 Å². The maximum absolute atomic E-state index is 12.8. The van der Waals surface area contributed by atoms with E-state index < -0.39 is 16.0 Å². The molecule has 0 atom stereocenters. The molecule has 1 aromatic heterocycles. The summed E-state index contributed by atoms with van der Waals surface area (Å²) in [5, 5.41) is 10.4. The normalized spacial score (nSPS) is 12.5. The van der Waals surface area contributed by atoms with Crippen molar-refractivity contribution >= 4 is 27.3 Å². The Morgan fingerprint density at radius 1 is 1.33 bits per heavy atom. The van der Waals surface area contributed by atoms with Crippen LogP contribution in [0.5, 0.6) is 0 Å². The van der Waals surface area contributed by atoms with E-state index in [-0.39, 0.29) is 21.7 Å². The Kier molecular flexibility index (Phi) is 6.37. The van der Waals surface area contributed by atoms with Gasteiger partial charge in [-0.25, -0.2) is 13.2 Å². The summed E-state index contributed by atoms with van der Waals surface area (Å²) in [5.74, 6) is -0.891. The Morgan fingerprint density at radius 3 is 2.29 bits per heavy atom. The quantitative estimate of drug-likeness (QED) is 0.792. The third-order valence-corrected chi connectivity index (χ3v) is 6.25. The minimum Gasteiger partial charge on any atom is -0.477 e. The second-order valence-corrected chi connectivity index (χ2v) is 8.19. The summed E-state index contributed by atoms with van der Waals surface area (Å²) in [6.45, 7) is 8.32. The molecule has 0 bridgehead atoms.